The van der Waals surface area contributed by atoms with Crippen LogP contribution in [0.2, 0.25) is 0 Å². The summed E-state index contributed by atoms with van der Waals surface area (Å²) in [6, 6.07) is 0.480. The van der Waals surface area contributed by atoms with Gasteiger partial charge in [-0.15, -0.1) is 0 Å². The van der Waals surface area contributed by atoms with Crippen LogP contribution in [-0.4, -0.2) is 18.0 Å². The lowest BCUT2D eigenvalue weighted by Gasteiger charge is -2.26. The molecule has 0 aliphatic heterocycles. The van der Waals surface area contributed by atoms with Gasteiger partial charge >= 0.3 is 0 Å². The van der Waals surface area contributed by atoms with E-state index in [1.54, 1.807) is 0 Å². The molecule has 0 bridgehead atoms. The summed E-state index contributed by atoms with van der Waals surface area (Å²) in [5, 5.41) is 0. The van der Waals surface area contributed by atoms with Crippen LogP contribution in [0, 0.1) is 5.92 Å². The predicted octanol–water partition coefficient (Wildman–Crippen LogP) is 4.00. The fourth-order valence-electron chi connectivity index (χ4n) is 1.12. The van der Waals surface area contributed by atoms with Crippen LogP contribution in [0.1, 0.15) is 34.6 Å². The van der Waals surface area contributed by atoms with Crippen molar-refractivity contribution in [3.63, 3.8) is 0 Å². The van der Waals surface area contributed by atoms with Crippen LogP contribution in [0.25, 0.3) is 0 Å². The number of nitrogens with zero attached hydrogens (tertiary/aromatic N) is 1. The van der Waals surface area contributed by atoms with Crippen molar-refractivity contribution in [3.8, 4) is 0 Å². The molecule has 15 heavy (non-hydrogen) atoms. The second-order valence-corrected chi connectivity index (χ2v) is 4.71. The first-order valence-electron chi connectivity index (χ1n) is 5.56. The van der Waals surface area contributed by atoms with Crippen molar-refractivity contribution >= 4 is 0 Å². The van der Waals surface area contributed by atoms with Gasteiger partial charge < -0.3 is 4.90 Å². The van der Waals surface area contributed by atoms with Gasteiger partial charge in [0, 0.05) is 18.8 Å². The average molecular weight is 207 g/mol. The molecule has 86 valence electrons. The van der Waals surface area contributed by atoms with Crippen molar-refractivity contribution in [2.24, 2.45) is 5.92 Å². The SMILES string of the molecule is C=C(/C=C(\C)C(=C)N(C)C(C)C)C(C)C. The minimum Gasteiger partial charge on any atom is -0.372 e. The first-order valence-corrected chi connectivity index (χ1v) is 5.56. The van der Waals surface area contributed by atoms with Crippen LogP contribution in [0.15, 0.2) is 36.1 Å². The molecule has 0 unspecified atom stereocenters. The van der Waals surface area contributed by atoms with Gasteiger partial charge in [-0.1, -0.05) is 38.7 Å². The van der Waals surface area contributed by atoms with E-state index in [0.717, 1.165) is 11.3 Å². The Morgan fingerprint density at radius 2 is 1.60 bits per heavy atom. The highest BCUT2D eigenvalue weighted by atomic mass is 15.1. The maximum absolute atomic E-state index is 4.10. The quantitative estimate of drug-likeness (QED) is 0.616. The lowest BCUT2D eigenvalue weighted by molar-refractivity contribution is 0.351. The number of hydrogen-bond donors (Lipinski definition) is 0. The lowest BCUT2D eigenvalue weighted by atomic mass is 10.0. The molecular formula is C14H25N. The molecule has 0 N–H and O–H groups in total. The largest absolute Gasteiger partial charge is 0.372 e. The molecule has 0 spiro atoms. The summed E-state index contributed by atoms with van der Waals surface area (Å²) >= 11 is 0. The summed E-state index contributed by atoms with van der Waals surface area (Å²) in [6.07, 6.45) is 2.13. The number of hydrogen-bond acceptors (Lipinski definition) is 1. The monoisotopic (exact) mass is 207 g/mol. The van der Waals surface area contributed by atoms with E-state index in [4.69, 9.17) is 0 Å². The third-order valence-corrected chi connectivity index (χ3v) is 2.80. The predicted molar refractivity (Wildman–Crippen MR) is 69.8 cm³/mol. The Hall–Kier alpha value is -0.980. The average Bonchev–Trinajstić information content (AvgIpc) is 2.14. The molecule has 0 heterocycles. The molecule has 0 aromatic heterocycles. The van der Waals surface area contributed by atoms with E-state index in [2.05, 4.69) is 65.8 Å². The summed E-state index contributed by atoms with van der Waals surface area (Å²) in [5.74, 6) is 0.497. The van der Waals surface area contributed by atoms with Crippen LogP contribution in [-0.2, 0) is 0 Å². The van der Waals surface area contributed by atoms with E-state index >= 15 is 0 Å². The number of allylic oxidation sites excluding steroid dienone is 3. The van der Waals surface area contributed by atoms with Gasteiger partial charge in [0.1, 0.15) is 0 Å². The highest BCUT2D eigenvalue weighted by Gasteiger charge is 2.08. The standard InChI is InChI=1S/C14H25N/c1-10(2)12(5)9-13(6)14(7)15(8)11(3)4/h9-11H,5,7H2,1-4,6,8H3/b13-9+. The van der Waals surface area contributed by atoms with Crippen molar-refractivity contribution in [3.05, 3.63) is 36.1 Å². The lowest BCUT2D eigenvalue weighted by Crippen LogP contribution is -2.25. The fraction of sp³-hybridized carbons (Fsp3) is 0.571. The van der Waals surface area contributed by atoms with E-state index in [-0.39, 0.29) is 0 Å². The van der Waals surface area contributed by atoms with E-state index in [9.17, 15) is 0 Å². The maximum Gasteiger partial charge on any atom is 0.0322 e. The molecule has 0 aliphatic carbocycles. The van der Waals surface area contributed by atoms with Gasteiger partial charge in [-0.2, -0.15) is 0 Å². The van der Waals surface area contributed by atoms with Gasteiger partial charge in [0.15, 0.2) is 0 Å². The van der Waals surface area contributed by atoms with E-state index < -0.39 is 0 Å². The van der Waals surface area contributed by atoms with Gasteiger partial charge in [-0.25, -0.2) is 0 Å². The Bertz CT molecular complexity index is 269. The number of likely N-dealkylation sites (N-methyl/N-ethyl adjacent to an activating group) is 1. The molecule has 0 fully saturated rings. The molecular weight excluding hydrogens is 182 g/mol. The zero-order valence-electron chi connectivity index (χ0n) is 11.1. The Balaban J connectivity index is 4.65. The zero-order valence-corrected chi connectivity index (χ0v) is 11.1. The van der Waals surface area contributed by atoms with Gasteiger partial charge in [0.2, 0.25) is 0 Å². The van der Waals surface area contributed by atoms with Crippen LogP contribution in [0.4, 0.5) is 0 Å². The van der Waals surface area contributed by atoms with E-state index in [0.29, 0.717) is 12.0 Å². The second-order valence-electron chi connectivity index (χ2n) is 4.71. The molecule has 0 saturated carbocycles. The van der Waals surface area contributed by atoms with Crippen molar-refractivity contribution < 1.29 is 0 Å². The molecule has 0 radical (unpaired) electrons. The normalized spacial score (nSPS) is 12.1. The fourth-order valence-corrected chi connectivity index (χ4v) is 1.12. The van der Waals surface area contributed by atoms with Crippen molar-refractivity contribution in [1.29, 1.82) is 0 Å². The molecule has 0 saturated heterocycles. The Labute approximate surface area is 95.2 Å². The number of rotatable bonds is 5. The molecule has 0 aromatic carbocycles. The van der Waals surface area contributed by atoms with Gasteiger partial charge in [0.25, 0.3) is 0 Å². The molecule has 1 nitrogen and oxygen atoms in total. The third kappa shape index (κ3) is 4.37. The minimum absolute atomic E-state index is 0.480. The molecule has 1 heteroatoms. The van der Waals surface area contributed by atoms with Crippen molar-refractivity contribution in [2.75, 3.05) is 7.05 Å². The van der Waals surface area contributed by atoms with Crippen molar-refractivity contribution in [1.82, 2.24) is 4.90 Å². The summed E-state index contributed by atoms with van der Waals surface area (Å²) < 4.78 is 0. The van der Waals surface area contributed by atoms with Crippen LogP contribution in [0.3, 0.4) is 0 Å². The molecule has 0 atom stereocenters. The van der Waals surface area contributed by atoms with Crippen LogP contribution in [0.5, 0.6) is 0 Å². The smallest absolute Gasteiger partial charge is 0.0322 e. The molecule has 0 rings (SSSR count). The minimum atomic E-state index is 0.480. The van der Waals surface area contributed by atoms with Gasteiger partial charge in [-0.05, 0) is 32.3 Å². The van der Waals surface area contributed by atoms with Gasteiger partial charge in [-0.3, -0.25) is 0 Å². The highest BCUT2D eigenvalue weighted by Crippen LogP contribution is 2.18. The highest BCUT2D eigenvalue weighted by molar-refractivity contribution is 5.33. The third-order valence-electron chi connectivity index (χ3n) is 2.80. The first kappa shape index (κ1) is 14.0. The summed E-state index contributed by atoms with van der Waals surface area (Å²) in [7, 11) is 2.07. The Morgan fingerprint density at radius 3 is 1.93 bits per heavy atom. The maximum atomic E-state index is 4.10. The topological polar surface area (TPSA) is 3.24 Å². The summed E-state index contributed by atoms with van der Waals surface area (Å²) in [5.41, 5.74) is 3.43. The Kier molecular flexibility index (Phi) is 5.41. The second kappa shape index (κ2) is 5.79. The molecule has 0 amide bonds. The molecule has 0 aromatic rings. The van der Waals surface area contributed by atoms with Gasteiger partial charge in [0.05, 0.1) is 0 Å². The summed E-state index contributed by atoms with van der Waals surface area (Å²) in [4.78, 5) is 2.18. The van der Waals surface area contributed by atoms with Crippen LogP contribution >= 0.6 is 0 Å². The van der Waals surface area contributed by atoms with E-state index in [1.807, 2.05) is 0 Å². The first-order chi connectivity index (χ1) is 6.77. The Morgan fingerprint density at radius 1 is 1.13 bits per heavy atom. The van der Waals surface area contributed by atoms with Crippen molar-refractivity contribution in [2.45, 2.75) is 40.7 Å². The zero-order chi connectivity index (χ0) is 12.2. The molecule has 0 aliphatic rings. The summed E-state index contributed by atoms with van der Waals surface area (Å²) in [6.45, 7) is 18.9. The van der Waals surface area contributed by atoms with Crippen LogP contribution < -0.4 is 0 Å². The van der Waals surface area contributed by atoms with E-state index in [1.165, 1.54) is 5.57 Å².